The molecule has 1 aliphatic heterocycles. The summed E-state index contributed by atoms with van der Waals surface area (Å²) in [6, 6.07) is 14.8. The predicted molar refractivity (Wildman–Crippen MR) is 144 cm³/mol. The average molecular weight is 515 g/mol. The Kier molecular flexibility index (Phi) is 6.21. The topological polar surface area (TPSA) is 100.0 Å². The molecule has 5 rings (SSSR count). The van der Waals surface area contributed by atoms with Crippen molar-refractivity contribution in [3.8, 4) is 11.5 Å². The molecule has 0 radical (unpaired) electrons. The largest absolute Gasteiger partial charge is 0.508 e. The zero-order valence-electron chi connectivity index (χ0n) is 20.9. The first kappa shape index (κ1) is 24.5. The Labute approximate surface area is 218 Å². The molecule has 2 N–H and O–H groups in total. The smallest absolute Gasteiger partial charge is 0.301 e. The number of carbonyl (C=O) groups excluding carboxylic acids is 2. The standard InChI is InChI=1S/C29H26N2O5S/c1-5-17-6-11-21-23(14-17)37-29(30-21)31-25(18-7-9-19(32)10-8-18)24(27(34)28(31)35)26(33)20-12-16(3)22(36-4)13-15(20)2/h6-14,25,32-33H,5H2,1-4H3/b26-24+. The highest BCUT2D eigenvalue weighted by molar-refractivity contribution is 7.22. The first-order chi connectivity index (χ1) is 17.7. The van der Waals surface area contributed by atoms with Crippen LogP contribution in [-0.2, 0) is 16.0 Å². The van der Waals surface area contributed by atoms with Gasteiger partial charge in [-0.15, -0.1) is 0 Å². The van der Waals surface area contributed by atoms with Gasteiger partial charge in [0.1, 0.15) is 17.3 Å². The lowest BCUT2D eigenvalue weighted by Gasteiger charge is -2.23. The van der Waals surface area contributed by atoms with Crippen molar-refractivity contribution >= 4 is 44.1 Å². The van der Waals surface area contributed by atoms with E-state index in [0.717, 1.165) is 27.8 Å². The minimum atomic E-state index is -0.923. The molecule has 1 atom stereocenters. The normalized spacial score (nSPS) is 17.1. The Bertz CT molecular complexity index is 1590. The molecule has 1 saturated heterocycles. The number of amides is 1. The van der Waals surface area contributed by atoms with Crippen LogP contribution < -0.4 is 9.64 Å². The van der Waals surface area contributed by atoms with Crippen LogP contribution >= 0.6 is 11.3 Å². The van der Waals surface area contributed by atoms with E-state index in [9.17, 15) is 19.8 Å². The van der Waals surface area contributed by atoms with Crippen molar-refractivity contribution in [3.63, 3.8) is 0 Å². The summed E-state index contributed by atoms with van der Waals surface area (Å²) in [6.45, 7) is 5.72. The number of fused-ring (bicyclic) bond motifs is 1. The number of nitrogens with zero attached hydrogens (tertiary/aromatic N) is 2. The van der Waals surface area contributed by atoms with Gasteiger partial charge in [-0.3, -0.25) is 14.5 Å². The average Bonchev–Trinajstić information content (AvgIpc) is 3.42. The fourth-order valence-corrected chi connectivity index (χ4v) is 5.75. The van der Waals surface area contributed by atoms with Crippen molar-refractivity contribution in [2.24, 2.45) is 0 Å². The van der Waals surface area contributed by atoms with Crippen LogP contribution in [-0.4, -0.2) is 34.0 Å². The second-order valence-electron chi connectivity index (χ2n) is 9.05. The number of rotatable bonds is 5. The number of aromatic nitrogens is 1. The molecule has 4 aromatic rings. The maximum atomic E-state index is 13.5. The SMILES string of the molecule is CCc1ccc2nc(N3C(=O)C(=O)/C(=C(/O)c4cc(C)c(OC)cc4C)C3c3ccc(O)cc3)sc2c1. The number of Topliss-reactive ketones (excluding diaryl/α,β-unsaturated/α-hetero) is 1. The van der Waals surface area contributed by atoms with Crippen molar-refractivity contribution in [3.05, 3.63) is 88.0 Å². The molecule has 0 bridgehead atoms. The third kappa shape index (κ3) is 4.13. The quantitative estimate of drug-likeness (QED) is 0.198. The molecule has 1 aliphatic rings. The first-order valence-electron chi connectivity index (χ1n) is 11.9. The summed E-state index contributed by atoms with van der Waals surface area (Å²) >= 11 is 1.32. The van der Waals surface area contributed by atoms with Crippen LogP contribution in [0.5, 0.6) is 11.5 Å². The molecule has 1 aromatic heterocycles. The van der Waals surface area contributed by atoms with Gasteiger partial charge < -0.3 is 14.9 Å². The van der Waals surface area contributed by atoms with Gasteiger partial charge >= 0.3 is 5.91 Å². The van der Waals surface area contributed by atoms with Crippen LogP contribution in [0.4, 0.5) is 5.13 Å². The van der Waals surface area contributed by atoms with Gasteiger partial charge in [0.25, 0.3) is 5.78 Å². The number of anilines is 1. The van der Waals surface area contributed by atoms with E-state index < -0.39 is 17.7 Å². The minimum Gasteiger partial charge on any atom is -0.508 e. The molecule has 2 heterocycles. The van der Waals surface area contributed by atoms with Gasteiger partial charge in [0, 0.05) is 5.56 Å². The summed E-state index contributed by atoms with van der Waals surface area (Å²) in [5, 5.41) is 21.7. The summed E-state index contributed by atoms with van der Waals surface area (Å²) in [5.74, 6) is -1.12. The zero-order valence-corrected chi connectivity index (χ0v) is 21.7. The fraction of sp³-hybridized carbons (Fsp3) is 0.207. The second kappa shape index (κ2) is 9.37. The zero-order chi connectivity index (χ0) is 26.4. The monoisotopic (exact) mass is 514 g/mol. The highest BCUT2D eigenvalue weighted by Gasteiger charge is 2.48. The predicted octanol–water partition coefficient (Wildman–Crippen LogP) is 5.82. The number of aliphatic hydroxyl groups is 1. The molecular formula is C29H26N2O5S. The molecule has 7 nitrogen and oxygen atoms in total. The number of thiazole rings is 1. The fourth-order valence-electron chi connectivity index (χ4n) is 4.69. The van der Waals surface area contributed by atoms with Crippen LogP contribution in [0.25, 0.3) is 16.0 Å². The van der Waals surface area contributed by atoms with Crippen molar-refractivity contribution < 1.29 is 24.5 Å². The van der Waals surface area contributed by atoms with Gasteiger partial charge in [0.2, 0.25) is 0 Å². The van der Waals surface area contributed by atoms with E-state index in [1.54, 1.807) is 31.4 Å². The number of ether oxygens (including phenoxy) is 1. The third-order valence-electron chi connectivity index (χ3n) is 6.71. The van der Waals surface area contributed by atoms with E-state index in [2.05, 4.69) is 11.9 Å². The number of aliphatic hydroxyl groups excluding tert-OH is 1. The number of benzene rings is 3. The maximum Gasteiger partial charge on any atom is 0.301 e. The minimum absolute atomic E-state index is 0.0307. The lowest BCUT2D eigenvalue weighted by molar-refractivity contribution is -0.132. The number of aryl methyl sites for hydroxylation is 3. The van der Waals surface area contributed by atoms with Crippen LogP contribution in [0.2, 0.25) is 0 Å². The Hall–Kier alpha value is -4.17. The third-order valence-corrected chi connectivity index (χ3v) is 7.72. The highest BCUT2D eigenvalue weighted by atomic mass is 32.1. The Balaban J connectivity index is 1.73. The molecule has 1 fully saturated rings. The van der Waals surface area contributed by atoms with Crippen molar-refractivity contribution in [2.45, 2.75) is 33.2 Å². The van der Waals surface area contributed by atoms with Crippen molar-refractivity contribution in [2.75, 3.05) is 12.0 Å². The number of ketones is 1. The van der Waals surface area contributed by atoms with Crippen LogP contribution in [0.15, 0.2) is 60.2 Å². The van der Waals surface area contributed by atoms with Crippen LogP contribution in [0.3, 0.4) is 0 Å². The summed E-state index contributed by atoms with van der Waals surface area (Å²) in [7, 11) is 1.57. The Morgan fingerprint density at radius 1 is 1.05 bits per heavy atom. The van der Waals surface area contributed by atoms with E-state index in [1.807, 2.05) is 32.0 Å². The highest BCUT2D eigenvalue weighted by Crippen LogP contribution is 2.45. The van der Waals surface area contributed by atoms with Gasteiger partial charge in [-0.2, -0.15) is 0 Å². The summed E-state index contributed by atoms with van der Waals surface area (Å²) < 4.78 is 6.29. The van der Waals surface area contributed by atoms with Gasteiger partial charge in [-0.25, -0.2) is 4.98 Å². The molecule has 37 heavy (non-hydrogen) atoms. The lowest BCUT2D eigenvalue weighted by Crippen LogP contribution is -2.29. The molecule has 0 aliphatic carbocycles. The van der Waals surface area contributed by atoms with E-state index >= 15 is 0 Å². The van der Waals surface area contributed by atoms with E-state index in [0.29, 0.717) is 27.6 Å². The molecule has 3 aromatic carbocycles. The van der Waals surface area contributed by atoms with Gasteiger partial charge in [-0.1, -0.05) is 36.5 Å². The van der Waals surface area contributed by atoms with E-state index in [-0.39, 0.29) is 17.1 Å². The molecule has 0 spiro atoms. The summed E-state index contributed by atoms with van der Waals surface area (Å²) in [5.41, 5.74) is 4.32. The lowest BCUT2D eigenvalue weighted by atomic mass is 9.93. The molecular weight excluding hydrogens is 488 g/mol. The molecule has 1 unspecified atom stereocenters. The number of methoxy groups -OCH3 is 1. The number of hydrogen-bond acceptors (Lipinski definition) is 7. The number of aromatic hydroxyl groups is 1. The second-order valence-corrected chi connectivity index (χ2v) is 10.1. The molecule has 1 amide bonds. The van der Waals surface area contributed by atoms with E-state index in [4.69, 9.17) is 4.74 Å². The van der Waals surface area contributed by atoms with Crippen LogP contribution in [0.1, 0.15) is 40.8 Å². The summed E-state index contributed by atoms with van der Waals surface area (Å²) in [6.07, 6.45) is 0.863. The Morgan fingerprint density at radius 3 is 2.46 bits per heavy atom. The Morgan fingerprint density at radius 2 is 1.78 bits per heavy atom. The van der Waals surface area contributed by atoms with E-state index in [1.165, 1.54) is 28.4 Å². The molecule has 8 heteroatoms. The molecule has 188 valence electrons. The number of hydrogen-bond donors (Lipinski definition) is 2. The van der Waals surface area contributed by atoms with Crippen molar-refractivity contribution in [1.82, 2.24) is 4.98 Å². The first-order valence-corrected chi connectivity index (χ1v) is 12.7. The van der Waals surface area contributed by atoms with Gasteiger partial charge in [0.15, 0.2) is 5.13 Å². The summed E-state index contributed by atoms with van der Waals surface area (Å²) in [4.78, 5) is 33.0. The van der Waals surface area contributed by atoms with Gasteiger partial charge in [0.05, 0.1) is 28.9 Å². The number of phenols is 1. The van der Waals surface area contributed by atoms with Gasteiger partial charge in [-0.05, 0) is 78.9 Å². The molecule has 0 saturated carbocycles. The number of phenolic OH excluding ortho intramolecular Hbond substituents is 1. The van der Waals surface area contributed by atoms with Crippen molar-refractivity contribution in [1.29, 1.82) is 0 Å². The van der Waals surface area contributed by atoms with Crippen LogP contribution in [0, 0.1) is 13.8 Å². The maximum absolute atomic E-state index is 13.5. The number of carbonyl (C=O) groups is 2.